The third-order valence-corrected chi connectivity index (χ3v) is 11.8. The summed E-state index contributed by atoms with van der Waals surface area (Å²) in [5.74, 6) is 7.98. The van der Waals surface area contributed by atoms with Crippen LogP contribution in [-0.2, 0) is 6.42 Å². The number of aromatic nitrogens is 2. The zero-order valence-electron chi connectivity index (χ0n) is 21.5. The minimum Gasteiger partial charge on any atom is -0.349 e. The number of fused-ring (bicyclic) bond motifs is 5. The van der Waals surface area contributed by atoms with Crippen LogP contribution < -0.4 is 0 Å². The fourth-order valence-electron chi connectivity index (χ4n) is 10.1. The number of nitrogens with zero attached hydrogens (tertiary/aromatic N) is 1. The van der Waals surface area contributed by atoms with Crippen molar-refractivity contribution in [2.75, 3.05) is 0 Å². The molecule has 9 atom stereocenters. The lowest BCUT2D eigenvalue weighted by Crippen LogP contribution is -2.53. The Bertz CT molecular complexity index is 740. The maximum atomic E-state index is 4.42. The van der Waals surface area contributed by atoms with Crippen molar-refractivity contribution in [2.24, 2.45) is 52.3 Å². The van der Waals surface area contributed by atoms with Gasteiger partial charge in [-0.25, -0.2) is 4.98 Å². The summed E-state index contributed by atoms with van der Waals surface area (Å²) in [6.45, 7) is 10.5. The Morgan fingerprint density at radius 2 is 1.78 bits per heavy atom. The fourth-order valence-corrected chi connectivity index (χ4v) is 10.1. The van der Waals surface area contributed by atoms with Crippen LogP contribution in [-0.4, -0.2) is 9.97 Å². The molecule has 1 aromatic rings. The zero-order valence-corrected chi connectivity index (χ0v) is 21.5. The van der Waals surface area contributed by atoms with Crippen molar-refractivity contribution in [3.8, 4) is 0 Å². The van der Waals surface area contributed by atoms with E-state index in [1.54, 1.807) is 32.1 Å². The van der Waals surface area contributed by atoms with E-state index in [0.717, 1.165) is 53.7 Å². The molecule has 2 heteroatoms. The molecule has 0 amide bonds. The van der Waals surface area contributed by atoms with E-state index in [1.807, 2.05) is 12.4 Å². The molecule has 0 saturated heterocycles. The molecule has 180 valence electrons. The quantitative estimate of drug-likeness (QED) is 0.454. The highest BCUT2D eigenvalue weighted by atomic mass is 14.9. The van der Waals surface area contributed by atoms with Crippen LogP contribution in [0.4, 0.5) is 0 Å². The Balaban J connectivity index is 1.18. The summed E-state index contributed by atoms with van der Waals surface area (Å²) in [7, 11) is 0. The first kappa shape index (κ1) is 23.0. The van der Waals surface area contributed by atoms with Crippen LogP contribution >= 0.6 is 0 Å². The maximum Gasteiger partial charge on any atom is 0.106 e. The van der Waals surface area contributed by atoms with Gasteiger partial charge < -0.3 is 4.98 Å². The van der Waals surface area contributed by atoms with E-state index < -0.39 is 0 Å². The van der Waals surface area contributed by atoms with Gasteiger partial charge in [0.15, 0.2) is 0 Å². The highest BCUT2D eigenvalue weighted by Crippen LogP contribution is 2.68. The summed E-state index contributed by atoms with van der Waals surface area (Å²) in [6, 6.07) is 0. The van der Waals surface area contributed by atoms with Gasteiger partial charge in [0.25, 0.3) is 0 Å². The molecule has 4 aliphatic rings. The monoisotopic (exact) mass is 438 g/mol. The van der Waals surface area contributed by atoms with Crippen molar-refractivity contribution >= 4 is 0 Å². The van der Waals surface area contributed by atoms with Gasteiger partial charge in [-0.2, -0.15) is 0 Å². The van der Waals surface area contributed by atoms with Crippen LogP contribution in [0.3, 0.4) is 0 Å². The van der Waals surface area contributed by atoms with Gasteiger partial charge in [-0.1, -0.05) is 59.8 Å². The number of aromatic amines is 1. The van der Waals surface area contributed by atoms with Gasteiger partial charge in [0.05, 0.1) is 0 Å². The average Bonchev–Trinajstić information content (AvgIpc) is 3.40. The Labute approximate surface area is 198 Å². The Kier molecular flexibility index (Phi) is 6.54. The van der Waals surface area contributed by atoms with Crippen molar-refractivity contribution in [3.05, 3.63) is 18.2 Å². The highest BCUT2D eigenvalue weighted by Gasteiger charge is 2.60. The summed E-state index contributed by atoms with van der Waals surface area (Å²) in [6.07, 6.45) is 24.5. The molecular weight excluding hydrogens is 388 g/mol. The molecule has 2 nitrogen and oxygen atoms in total. The highest BCUT2D eigenvalue weighted by molar-refractivity contribution is 5.09. The minimum atomic E-state index is 0.637. The molecule has 0 aromatic carbocycles. The van der Waals surface area contributed by atoms with Gasteiger partial charge >= 0.3 is 0 Å². The van der Waals surface area contributed by atoms with E-state index in [9.17, 15) is 0 Å². The fraction of sp³-hybridized carbons (Fsp3) is 0.900. The van der Waals surface area contributed by atoms with E-state index in [-0.39, 0.29) is 0 Å². The summed E-state index contributed by atoms with van der Waals surface area (Å²) in [4.78, 5) is 7.70. The van der Waals surface area contributed by atoms with Crippen LogP contribution in [0.5, 0.6) is 0 Å². The number of nitrogens with one attached hydrogen (secondary N) is 1. The molecule has 32 heavy (non-hydrogen) atoms. The molecule has 0 aliphatic heterocycles. The predicted octanol–water partition coefficient (Wildman–Crippen LogP) is 8.44. The lowest BCUT2D eigenvalue weighted by atomic mass is 9.44. The van der Waals surface area contributed by atoms with Crippen LogP contribution in [0, 0.1) is 52.3 Å². The van der Waals surface area contributed by atoms with E-state index >= 15 is 0 Å². The molecule has 4 fully saturated rings. The van der Waals surface area contributed by atoms with E-state index in [4.69, 9.17) is 0 Å². The number of hydrogen-bond donors (Lipinski definition) is 1. The van der Waals surface area contributed by atoms with Gasteiger partial charge in [0.1, 0.15) is 5.82 Å². The first-order valence-corrected chi connectivity index (χ1v) is 14.4. The van der Waals surface area contributed by atoms with E-state index in [1.165, 1.54) is 51.4 Å². The molecule has 0 spiro atoms. The molecule has 1 N–H and O–H groups in total. The normalized spacial score (nSPS) is 43.2. The van der Waals surface area contributed by atoms with Gasteiger partial charge in [-0.3, -0.25) is 0 Å². The first-order chi connectivity index (χ1) is 15.4. The molecule has 4 aliphatic carbocycles. The molecular formula is C30H50N2. The lowest BCUT2D eigenvalue weighted by Gasteiger charge is -2.61. The molecule has 0 radical (unpaired) electrons. The van der Waals surface area contributed by atoms with Crippen LogP contribution in [0.25, 0.3) is 0 Å². The van der Waals surface area contributed by atoms with Crippen molar-refractivity contribution in [2.45, 2.75) is 118 Å². The molecule has 2 unspecified atom stereocenters. The topological polar surface area (TPSA) is 28.7 Å². The van der Waals surface area contributed by atoms with E-state index in [2.05, 4.69) is 37.7 Å². The molecule has 1 aromatic heterocycles. The van der Waals surface area contributed by atoms with Crippen LogP contribution in [0.1, 0.15) is 117 Å². The summed E-state index contributed by atoms with van der Waals surface area (Å²) >= 11 is 0. The molecule has 0 bridgehead atoms. The predicted molar refractivity (Wildman–Crippen MR) is 134 cm³/mol. The number of rotatable bonds is 7. The summed E-state index contributed by atoms with van der Waals surface area (Å²) < 4.78 is 0. The van der Waals surface area contributed by atoms with Crippen molar-refractivity contribution in [3.63, 3.8) is 0 Å². The van der Waals surface area contributed by atoms with Gasteiger partial charge in [-0.05, 0) is 104 Å². The van der Waals surface area contributed by atoms with Crippen LogP contribution in [0.15, 0.2) is 12.4 Å². The van der Waals surface area contributed by atoms with Gasteiger partial charge in [-0.15, -0.1) is 0 Å². The second-order valence-corrected chi connectivity index (χ2v) is 13.4. The number of imidazole rings is 1. The minimum absolute atomic E-state index is 0.637. The Hall–Kier alpha value is -0.790. The summed E-state index contributed by atoms with van der Waals surface area (Å²) in [5.41, 5.74) is 1.33. The smallest absolute Gasteiger partial charge is 0.106 e. The SMILES string of the molecule is CC(CCC[C@@H](C)[C@H]1CC[C@H]2[C@@H]3CCC4CCCC[C@]4(C)[C@H]3CC[C@]12C)Cc1ncc[nH]1. The third kappa shape index (κ3) is 4.00. The largest absolute Gasteiger partial charge is 0.349 e. The first-order valence-electron chi connectivity index (χ1n) is 14.4. The molecule has 4 saturated carbocycles. The third-order valence-electron chi connectivity index (χ3n) is 11.8. The second kappa shape index (κ2) is 9.10. The Morgan fingerprint density at radius 1 is 0.938 bits per heavy atom. The number of hydrogen-bond acceptors (Lipinski definition) is 1. The Morgan fingerprint density at radius 3 is 2.59 bits per heavy atom. The lowest BCUT2D eigenvalue weighted by molar-refractivity contribution is -0.114. The van der Waals surface area contributed by atoms with E-state index in [0.29, 0.717) is 10.8 Å². The van der Waals surface area contributed by atoms with Gasteiger partial charge in [0.2, 0.25) is 0 Å². The second-order valence-electron chi connectivity index (χ2n) is 13.4. The van der Waals surface area contributed by atoms with Crippen LogP contribution in [0.2, 0.25) is 0 Å². The maximum absolute atomic E-state index is 4.42. The number of H-pyrrole nitrogens is 1. The average molecular weight is 439 g/mol. The summed E-state index contributed by atoms with van der Waals surface area (Å²) in [5, 5.41) is 0. The van der Waals surface area contributed by atoms with Crippen molar-refractivity contribution in [1.29, 1.82) is 0 Å². The zero-order chi connectivity index (χ0) is 22.3. The molecule has 5 rings (SSSR count). The van der Waals surface area contributed by atoms with Crippen molar-refractivity contribution < 1.29 is 0 Å². The van der Waals surface area contributed by atoms with Crippen molar-refractivity contribution in [1.82, 2.24) is 9.97 Å². The molecule has 1 heterocycles. The van der Waals surface area contributed by atoms with Gasteiger partial charge in [0, 0.05) is 18.8 Å². The standard InChI is InChI=1S/C30H50N2/c1-21(20-28-31-18-19-32-28)8-7-9-22(2)25-13-14-26-24-12-11-23-10-5-6-16-29(23,3)27(24)15-17-30(25,26)4/h18-19,21-27H,5-17,20H2,1-4H3,(H,31,32)/t21?,22-,23?,24+,25-,26+,27+,29+,30-/m1/s1.